The lowest BCUT2D eigenvalue weighted by Crippen LogP contribution is -2.21. The molecule has 0 N–H and O–H groups in total. The predicted octanol–water partition coefficient (Wildman–Crippen LogP) is 2.37. The fraction of sp³-hybridized carbons (Fsp3) is 0.438. The maximum Gasteiger partial charge on any atom is 0.175 e. The molecule has 0 bridgehead atoms. The molecule has 0 radical (unpaired) electrons. The molecule has 0 saturated carbocycles. The van der Waals surface area contributed by atoms with Gasteiger partial charge in [0.2, 0.25) is 0 Å². The molecule has 3 heterocycles. The van der Waals surface area contributed by atoms with Crippen molar-refractivity contribution in [1.82, 2.24) is 20.0 Å². The summed E-state index contributed by atoms with van der Waals surface area (Å²) in [6, 6.07) is 6.02. The second kappa shape index (κ2) is 4.98. The Kier molecular flexibility index (Phi) is 2.98. The standard InChI is InChI=1S/C16H19N5/c1-12-8-9-21(19-12)16-7-6-15(17-18-16)20-10-13-4-2-3-5-14(13)11-20/h2-3,6-9,13-14H,4-5,10-11H2,1H3. The first kappa shape index (κ1) is 12.6. The van der Waals surface area contributed by atoms with Crippen LogP contribution in [0, 0.1) is 18.8 Å². The number of anilines is 1. The normalized spacial score (nSPS) is 24.3. The van der Waals surface area contributed by atoms with Crippen LogP contribution >= 0.6 is 0 Å². The summed E-state index contributed by atoms with van der Waals surface area (Å²) in [7, 11) is 0. The van der Waals surface area contributed by atoms with Crippen LogP contribution in [0.3, 0.4) is 0 Å². The zero-order valence-electron chi connectivity index (χ0n) is 12.2. The summed E-state index contributed by atoms with van der Waals surface area (Å²) in [6.07, 6.45) is 8.96. The number of nitrogens with zero attached hydrogens (tertiary/aromatic N) is 5. The minimum absolute atomic E-state index is 0.769. The molecule has 2 aliphatic rings. The van der Waals surface area contributed by atoms with E-state index < -0.39 is 0 Å². The first-order chi connectivity index (χ1) is 10.3. The van der Waals surface area contributed by atoms with Gasteiger partial charge in [0, 0.05) is 19.3 Å². The van der Waals surface area contributed by atoms with Crippen molar-refractivity contribution in [3.63, 3.8) is 0 Å². The van der Waals surface area contributed by atoms with E-state index in [-0.39, 0.29) is 0 Å². The Labute approximate surface area is 124 Å². The summed E-state index contributed by atoms with van der Waals surface area (Å²) in [5.41, 5.74) is 0.983. The Hall–Kier alpha value is -2.17. The van der Waals surface area contributed by atoms with Crippen molar-refractivity contribution in [1.29, 1.82) is 0 Å². The van der Waals surface area contributed by atoms with Crippen molar-refractivity contribution in [2.24, 2.45) is 11.8 Å². The SMILES string of the molecule is Cc1ccn(-c2ccc(N3CC4CC=CCC4C3)nn2)n1. The third kappa shape index (κ3) is 2.33. The molecule has 1 aliphatic carbocycles. The number of hydrogen-bond acceptors (Lipinski definition) is 4. The van der Waals surface area contributed by atoms with Gasteiger partial charge < -0.3 is 4.90 Å². The lowest BCUT2D eigenvalue weighted by molar-refractivity contribution is 0.411. The number of hydrogen-bond donors (Lipinski definition) is 0. The maximum absolute atomic E-state index is 4.40. The second-order valence-electron chi connectivity index (χ2n) is 6.02. The molecule has 4 rings (SSSR count). The van der Waals surface area contributed by atoms with Crippen molar-refractivity contribution < 1.29 is 0 Å². The van der Waals surface area contributed by atoms with E-state index in [1.165, 1.54) is 12.8 Å². The quantitative estimate of drug-likeness (QED) is 0.793. The third-order valence-corrected chi connectivity index (χ3v) is 4.54. The Morgan fingerprint density at radius 1 is 0.952 bits per heavy atom. The first-order valence-corrected chi connectivity index (χ1v) is 7.56. The van der Waals surface area contributed by atoms with Crippen molar-refractivity contribution in [3.05, 3.63) is 42.2 Å². The molecular formula is C16H19N5. The highest BCUT2D eigenvalue weighted by molar-refractivity contribution is 5.41. The molecule has 2 atom stereocenters. The van der Waals surface area contributed by atoms with Crippen LogP contribution in [-0.4, -0.2) is 33.1 Å². The number of aryl methyl sites for hydroxylation is 1. The van der Waals surface area contributed by atoms with E-state index in [0.29, 0.717) is 0 Å². The molecule has 0 amide bonds. The molecule has 5 nitrogen and oxygen atoms in total. The molecule has 108 valence electrons. The fourth-order valence-electron chi connectivity index (χ4n) is 3.35. The van der Waals surface area contributed by atoms with Crippen LogP contribution in [0.15, 0.2) is 36.5 Å². The fourth-order valence-corrected chi connectivity index (χ4v) is 3.35. The molecule has 2 unspecified atom stereocenters. The number of fused-ring (bicyclic) bond motifs is 1. The summed E-state index contributed by atoms with van der Waals surface area (Å²) < 4.78 is 1.76. The van der Waals surface area contributed by atoms with Gasteiger partial charge in [0.05, 0.1) is 5.69 Å². The van der Waals surface area contributed by atoms with Crippen molar-refractivity contribution in [3.8, 4) is 5.82 Å². The lowest BCUT2D eigenvalue weighted by atomic mass is 9.86. The van der Waals surface area contributed by atoms with Gasteiger partial charge in [-0.05, 0) is 49.8 Å². The molecule has 1 saturated heterocycles. The second-order valence-corrected chi connectivity index (χ2v) is 6.02. The minimum Gasteiger partial charge on any atom is -0.355 e. The van der Waals surface area contributed by atoms with Crippen molar-refractivity contribution >= 4 is 5.82 Å². The van der Waals surface area contributed by atoms with Gasteiger partial charge in [-0.25, -0.2) is 4.68 Å². The number of rotatable bonds is 2. The van der Waals surface area contributed by atoms with Gasteiger partial charge in [0.15, 0.2) is 11.6 Å². The zero-order valence-corrected chi connectivity index (χ0v) is 12.2. The summed E-state index contributed by atoms with van der Waals surface area (Å²) >= 11 is 0. The lowest BCUT2D eigenvalue weighted by Gasteiger charge is -2.17. The highest BCUT2D eigenvalue weighted by atomic mass is 15.4. The summed E-state index contributed by atoms with van der Waals surface area (Å²) in [5, 5.41) is 13.1. The first-order valence-electron chi connectivity index (χ1n) is 7.56. The molecule has 2 aromatic rings. The van der Waals surface area contributed by atoms with Gasteiger partial charge >= 0.3 is 0 Å². The van der Waals surface area contributed by atoms with E-state index in [1.54, 1.807) is 4.68 Å². The molecular weight excluding hydrogens is 262 g/mol. The maximum atomic E-state index is 4.40. The minimum atomic E-state index is 0.769. The highest BCUT2D eigenvalue weighted by Crippen LogP contribution is 2.34. The van der Waals surface area contributed by atoms with Crippen molar-refractivity contribution in [2.75, 3.05) is 18.0 Å². The number of aromatic nitrogens is 4. The summed E-state index contributed by atoms with van der Waals surface area (Å²) in [4.78, 5) is 2.37. The van der Waals surface area contributed by atoms with Crippen LogP contribution in [0.4, 0.5) is 5.82 Å². The van der Waals surface area contributed by atoms with E-state index in [9.17, 15) is 0 Å². The van der Waals surface area contributed by atoms with Gasteiger partial charge in [0.25, 0.3) is 0 Å². The third-order valence-electron chi connectivity index (χ3n) is 4.54. The van der Waals surface area contributed by atoms with Crippen molar-refractivity contribution in [2.45, 2.75) is 19.8 Å². The van der Waals surface area contributed by atoms with E-state index >= 15 is 0 Å². The van der Waals surface area contributed by atoms with Gasteiger partial charge in [0.1, 0.15) is 0 Å². The Morgan fingerprint density at radius 2 is 1.62 bits per heavy atom. The highest BCUT2D eigenvalue weighted by Gasteiger charge is 2.33. The topological polar surface area (TPSA) is 46.8 Å². The Morgan fingerprint density at radius 3 is 2.19 bits per heavy atom. The predicted molar refractivity (Wildman–Crippen MR) is 81.5 cm³/mol. The Bertz CT molecular complexity index is 642. The van der Waals surface area contributed by atoms with Crippen LogP contribution < -0.4 is 4.90 Å². The largest absolute Gasteiger partial charge is 0.355 e. The summed E-state index contributed by atoms with van der Waals surface area (Å²) in [5.74, 6) is 3.32. The van der Waals surface area contributed by atoms with Crippen LogP contribution in [0.2, 0.25) is 0 Å². The Balaban J connectivity index is 1.52. The molecule has 21 heavy (non-hydrogen) atoms. The van der Waals surface area contributed by atoms with Crippen LogP contribution in [-0.2, 0) is 0 Å². The monoisotopic (exact) mass is 281 g/mol. The van der Waals surface area contributed by atoms with Crippen LogP contribution in [0.1, 0.15) is 18.5 Å². The van der Waals surface area contributed by atoms with E-state index in [2.05, 4.69) is 38.4 Å². The molecule has 5 heteroatoms. The van der Waals surface area contributed by atoms with E-state index in [0.717, 1.165) is 42.3 Å². The average molecular weight is 281 g/mol. The van der Waals surface area contributed by atoms with Gasteiger partial charge in [-0.15, -0.1) is 10.2 Å². The van der Waals surface area contributed by atoms with E-state index in [1.807, 2.05) is 25.3 Å². The molecule has 0 spiro atoms. The van der Waals surface area contributed by atoms with Crippen LogP contribution in [0.25, 0.3) is 5.82 Å². The molecule has 1 fully saturated rings. The summed E-state index contributed by atoms with van der Waals surface area (Å²) in [6.45, 7) is 4.17. The van der Waals surface area contributed by atoms with Gasteiger partial charge in [-0.2, -0.15) is 5.10 Å². The average Bonchev–Trinajstić information content (AvgIpc) is 3.13. The van der Waals surface area contributed by atoms with Gasteiger partial charge in [-0.1, -0.05) is 12.2 Å². The van der Waals surface area contributed by atoms with Gasteiger partial charge in [-0.3, -0.25) is 0 Å². The van der Waals surface area contributed by atoms with E-state index in [4.69, 9.17) is 0 Å². The smallest absolute Gasteiger partial charge is 0.175 e. The number of allylic oxidation sites excluding steroid dienone is 2. The molecule has 2 aromatic heterocycles. The zero-order chi connectivity index (χ0) is 14.2. The molecule has 1 aliphatic heterocycles. The van der Waals surface area contributed by atoms with Crippen LogP contribution in [0.5, 0.6) is 0 Å². The molecule has 0 aromatic carbocycles.